The van der Waals surface area contributed by atoms with Crippen LogP contribution < -0.4 is 10.6 Å². The molecule has 0 aliphatic heterocycles. The smallest absolute Gasteiger partial charge is 0.323 e. The number of nitrogens with two attached hydrogens (primary N) is 1. The highest BCUT2D eigenvalue weighted by molar-refractivity contribution is 9.10. The Morgan fingerprint density at radius 3 is 2.45 bits per heavy atom. The predicted octanol–water partition coefficient (Wildman–Crippen LogP) is 1.00. The Morgan fingerprint density at radius 1 is 1.30 bits per heavy atom. The summed E-state index contributed by atoms with van der Waals surface area (Å²) in [5.41, 5.74) is 6.19. The standard InChI is InChI=1S/C13H18BrN3O3/c1-16(2)5-6-17(8-12(18)19)11-7-9(14)3-4-10(11)13(15)20/h3-4,7H,5-6,8H2,1-2H3,(H2,15,20)(H,18,19). The summed E-state index contributed by atoms with van der Waals surface area (Å²) in [5.74, 6) is -1.54. The Labute approximate surface area is 126 Å². The largest absolute Gasteiger partial charge is 0.480 e. The molecule has 0 spiro atoms. The van der Waals surface area contributed by atoms with Crippen LogP contribution in [-0.2, 0) is 4.79 Å². The van der Waals surface area contributed by atoms with Crippen LogP contribution in [0.1, 0.15) is 10.4 Å². The number of aliphatic carboxylic acids is 1. The Bertz CT molecular complexity index is 506. The minimum atomic E-state index is -0.959. The van der Waals surface area contributed by atoms with Crippen LogP contribution in [0, 0.1) is 0 Å². The molecule has 0 unspecified atom stereocenters. The lowest BCUT2D eigenvalue weighted by molar-refractivity contribution is -0.135. The second-order valence-corrected chi connectivity index (χ2v) is 5.56. The molecular weight excluding hydrogens is 326 g/mol. The number of likely N-dealkylation sites (N-methyl/N-ethyl adjacent to an activating group) is 1. The number of hydrogen-bond acceptors (Lipinski definition) is 4. The van der Waals surface area contributed by atoms with Gasteiger partial charge in [0, 0.05) is 17.6 Å². The van der Waals surface area contributed by atoms with Crippen LogP contribution in [0.4, 0.5) is 5.69 Å². The number of carbonyl (C=O) groups is 2. The van der Waals surface area contributed by atoms with E-state index in [4.69, 9.17) is 10.8 Å². The third kappa shape index (κ3) is 4.82. The molecule has 0 aliphatic carbocycles. The fourth-order valence-electron chi connectivity index (χ4n) is 1.74. The van der Waals surface area contributed by atoms with Gasteiger partial charge in [0.1, 0.15) is 6.54 Å². The molecule has 0 aliphatic rings. The van der Waals surface area contributed by atoms with Gasteiger partial charge in [0.05, 0.1) is 11.3 Å². The van der Waals surface area contributed by atoms with Crippen molar-refractivity contribution in [2.24, 2.45) is 5.73 Å². The highest BCUT2D eigenvalue weighted by atomic mass is 79.9. The van der Waals surface area contributed by atoms with Gasteiger partial charge in [-0.1, -0.05) is 15.9 Å². The number of nitrogens with zero attached hydrogens (tertiary/aromatic N) is 2. The van der Waals surface area contributed by atoms with Crippen LogP contribution in [0.15, 0.2) is 22.7 Å². The zero-order chi connectivity index (χ0) is 15.3. The van der Waals surface area contributed by atoms with Crippen molar-refractivity contribution in [3.63, 3.8) is 0 Å². The number of halogens is 1. The summed E-state index contributed by atoms with van der Waals surface area (Å²) >= 11 is 3.32. The van der Waals surface area contributed by atoms with Crippen molar-refractivity contribution < 1.29 is 14.7 Å². The summed E-state index contributed by atoms with van der Waals surface area (Å²) in [6.07, 6.45) is 0. The van der Waals surface area contributed by atoms with Gasteiger partial charge in [-0.3, -0.25) is 9.59 Å². The van der Waals surface area contributed by atoms with E-state index in [1.807, 2.05) is 19.0 Å². The van der Waals surface area contributed by atoms with E-state index in [-0.39, 0.29) is 6.54 Å². The average Bonchev–Trinajstić information content (AvgIpc) is 2.33. The Balaban J connectivity index is 3.13. The first-order chi connectivity index (χ1) is 9.31. The Kier molecular flexibility index (Phi) is 5.97. The predicted molar refractivity (Wildman–Crippen MR) is 81.1 cm³/mol. The summed E-state index contributed by atoms with van der Waals surface area (Å²) in [4.78, 5) is 26.1. The van der Waals surface area contributed by atoms with Gasteiger partial charge in [-0.25, -0.2) is 0 Å². The van der Waals surface area contributed by atoms with Crippen molar-refractivity contribution in [3.8, 4) is 0 Å². The third-order valence-electron chi connectivity index (χ3n) is 2.71. The second kappa shape index (κ2) is 7.25. The molecule has 0 atom stereocenters. The summed E-state index contributed by atoms with van der Waals surface area (Å²) in [7, 11) is 3.80. The number of benzene rings is 1. The molecule has 0 aromatic heterocycles. The minimum absolute atomic E-state index is 0.190. The van der Waals surface area contributed by atoms with Gasteiger partial charge in [0.2, 0.25) is 0 Å². The molecule has 1 aromatic rings. The monoisotopic (exact) mass is 343 g/mol. The van der Waals surface area contributed by atoms with Gasteiger partial charge in [-0.05, 0) is 32.3 Å². The van der Waals surface area contributed by atoms with Crippen molar-refractivity contribution in [1.29, 1.82) is 0 Å². The fraction of sp³-hybridized carbons (Fsp3) is 0.385. The zero-order valence-corrected chi connectivity index (χ0v) is 13.1. The Morgan fingerprint density at radius 2 is 1.95 bits per heavy atom. The Hall–Kier alpha value is -1.60. The zero-order valence-electron chi connectivity index (χ0n) is 11.5. The van der Waals surface area contributed by atoms with Gasteiger partial charge in [-0.15, -0.1) is 0 Å². The second-order valence-electron chi connectivity index (χ2n) is 4.64. The van der Waals surface area contributed by atoms with Gasteiger partial charge >= 0.3 is 5.97 Å². The van der Waals surface area contributed by atoms with Crippen LogP contribution in [-0.4, -0.2) is 55.6 Å². The SMILES string of the molecule is CN(C)CCN(CC(=O)O)c1cc(Br)ccc1C(N)=O. The quantitative estimate of drug-likeness (QED) is 0.771. The van der Waals surface area contributed by atoms with E-state index in [1.165, 1.54) is 0 Å². The summed E-state index contributed by atoms with van der Waals surface area (Å²) < 4.78 is 0.762. The normalized spacial score (nSPS) is 10.6. The van der Waals surface area contributed by atoms with E-state index in [9.17, 15) is 9.59 Å². The fourth-order valence-corrected chi connectivity index (χ4v) is 2.09. The lowest BCUT2D eigenvalue weighted by Crippen LogP contribution is -2.37. The van der Waals surface area contributed by atoms with Crippen LogP contribution in [0.25, 0.3) is 0 Å². The third-order valence-corrected chi connectivity index (χ3v) is 3.20. The maximum absolute atomic E-state index is 11.5. The lowest BCUT2D eigenvalue weighted by Gasteiger charge is -2.26. The lowest BCUT2D eigenvalue weighted by atomic mass is 10.1. The number of hydrogen-bond donors (Lipinski definition) is 2. The molecule has 0 fully saturated rings. The molecule has 20 heavy (non-hydrogen) atoms. The summed E-state index contributed by atoms with van der Waals surface area (Å²) in [5, 5.41) is 9.03. The number of carboxylic acid groups (broad SMARTS) is 1. The number of carboxylic acids is 1. The summed E-state index contributed by atoms with van der Waals surface area (Å²) in [6, 6.07) is 5.00. The van der Waals surface area contributed by atoms with Gasteiger partial charge in [0.25, 0.3) is 5.91 Å². The molecule has 0 saturated carbocycles. The minimum Gasteiger partial charge on any atom is -0.480 e. The van der Waals surface area contributed by atoms with E-state index >= 15 is 0 Å². The van der Waals surface area contributed by atoms with Crippen molar-refractivity contribution in [2.45, 2.75) is 0 Å². The first kappa shape index (κ1) is 16.5. The van der Waals surface area contributed by atoms with E-state index < -0.39 is 11.9 Å². The van der Waals surface area contributed by atoms with Crippen LogP contribution in [0.5, 0.6) is 0 Å². The maximum Gasteiger partial charge on any atom is 0.323 e. The molecule has 1 aromatic carbocycles. The van der Waals surface area contributed by atoms with E-state index in [0.29, 0.717) is 24.3 Å². The van der Waals surface area contributed by atoms with E-state index in [2.05, 4.69) is 15.9 Å². The molecule has 110 valence electrons. The highest BCUT2D eigenvalue weighted by Crippen LogP contribution is 2.25. The first-order valence-corrected chi connectivity index (χ1v) is 6.81. The topological polar surface area (TPSA) is 86.9 Å². The molecule has 3 N–H and O–H groups in total. The molecule has 6 nitrogen and oxygen atoms in total. The van der Waals surface area contributed by atoms with Gasteiger partial charge in [-0.2, -0.15) is 0 Å². The number of amides is 1. The van der Waals surface area contributed by atoms with E-state index in [0.717, 1.165) is 4.47 Å². The number of carbonyl (C=O) groups excluding carboxylic acids is 1. The van der Waals surface area contributed by atoms with Gasteiger partial charge in [0.15, 0.2) is 0 Å². The number of anilines is 1. The first-order valence-electron chi connectivity index (χ1n) is 6.02. The molecule has 0 radical (unpaired) electrons. The van der Waals surface area contributed by atoms with Crippen molar-refractivity contribution in [1.82, 2.24) is 4.90 Å². The molecule has 0 saturated heterocycles. The summed E-state index contributed by atoms with van der Waals surface area (Å²) in [6.45, 7) is 0.957. The highest BCUT2D eigenvalue weighted by Gasteiger charge is 2.17. The number of primary amides is 1. The number of rotatable bonds is 7. The molecular formula is C13H18BrN3O3. The van der Waals surface area contributed by atoms with Gasteiger partial charge < -0.3 is 20.6 Å². The molecule has 7 heteroatoms. The van der Waals surface area contributed by atoms with Crippen LogP contribution in [0.3, 0.4) is 0 Å². The van der Waals surface area contributed by atoms with Crippen LogP contribution in [0.2, 0.25) is 0 Å². The van der Waals surface area contributed by atoms with Crippen LogP contribution >= 0.6 is 15.9 Å². The molecule has 1 rings (SSSR count). The van der Waals surface area contributed by atoms with E-state index in [1.54, 1.807) is 23.1 Å². The average molecular weight is 344 g/mol. The van der Waals surface area contributed by atoms with Crippen molar-refractivity contribution in [3.05, 3.63) is 28.2 Å². The molecule has 0 heterocycles. The van der Waals surface area contributed by atoms with Crippen molar-refractivity contribution >= 4 is 33.5 Å². The van der Waals surface area contributed by atoms with Crippen molar-refractivity contribution in [2.75, 3.05) is 38.6 Å². The molecule has 1 amide bonds. The maximum atomic E-state index is 11.5. The molecule has 0 bridgehead atoms.